The first-order valence-electron chi connectivity index (χ1n) is 13.8. The minimum atomic E-state index is -1.08. The van der Waals surface area contributed by atoms with Gasteiger partial charge in [0.1, 0.15) is 17.4 Å². The number of unbranched alkanes of at least 4 members (excludes halogenated alkanes) is 2. The molecule has 3 fully saturated rings. The summed E-state index contributed by atoms with van der Waals surface area (Å²) in [6.07, 6.45) is 3.68. The predicted molar refractivity (Wildman–Crippen MR) is 146 cm³/mol. The fourth-order valence-corrected chi connectivity index (χ4v) is 6.85. The number of carbonyl (C=O) groups is 3. The van der Waals surface area contributed by atoms with Crippen molar-refractivity contribution in [3.63, 3.8) is 0 Å². The minimum Gasteiger partial charge on any atom is -0.497 e. The van der Waals surface area contributed by atoms with E-state index in [0.29, 0.717) is 55.8 Å². The summed E-state index contributed by atoms with van der Waals surface area (Å²) in [5.74, 6) is -1.57. The maximum absolute atomic E-state index is 14.1. The van der Waals surface area contributed by atoms with Crippen molar-refractivity contribution >= 4 is 29.1 Å². The van der Waals surface area contributed by atoms with E-state index in [4.69, 9.17) is 9.47 Å². The molecule has 3 amide bonds. The number of ether oxygens (including phenoxy) is 2. The van der Waals surface area contributed by atoms with Gasteiger partial charge in [-0.1, -0.05) is 25.1 Å². The third-order valence-corrected chi connectivity index (χ3v) is 8.67. The second kappa shape index (κ2) is 11.0. The van der Waals surface area contributed by atoms with Crippen LogP contribution >= 0.6 is 0 Å². The van der Waals surface area contributed by atoms with E-state index in [0.717, 1.165) is 6.42 Å². The van der Waals surface area contributed by atoms with Gasteiger partial charge in [-0.05, 0) is 74.9 Å². The average Bonchev–Trinajstić information content (AvgIpc) is 3.55. The number of para-hydroxylation sites is 1. The Bertz CT molecular complexity index is 1200. The van der Waals surface area contributed by atoms with Crippen LogP contribution in [0, 0.1) is 11.8 Å². The van der Waals surface area contributed by atoms with Gasteiger partial charge in [-0.2, -0.15) is 0 Å². The standard InChI is InChI=1S/C30H37N3O6/c1-3-29-16-17-30(39-29)24(23(29)26(35)31-20-10-6-4-7-11-20)28(37)33(18-8-5-9-19-34)25(30)27(36)32-21-12-14-22(38-2)15-13-21/h4,6-7,10-15,23-25,34H,3,5,8-9,16-19H2,1-2H3,(H,31,35)(H,32,36)/t23-,24-,25?,29+,30?/m0/s1. The van der Waals surface area contributed by atoms with Gasteiger partial charge in [0.05, 0.1) is 24.5 Å². The molecule has 3 aliphatic heterocycles. The van der Waals surface area contributed by atoms with E-state index in [1.807, 2.05) is 37.3 Å². The summed E-state index contributed by atoms with van der Waals surface area (Å²) in [5.41, 5.74) is -0.643. The zero-order valence-electron chi connectivity index (χ0n) is 22.5. The smallest absolute Gasteiger partial charge is 0.250 e. The number of likely N-dealkylation sites (tertiary alicyclic amines) is 1. The van der Waals surface area contributed by atoms with Crippen LogP contribution in [0.3, 0.4) is 0 Å². The van der Waals surface area contributed by atoms with E-state index in [-0.39, 0.29) is 24.3 Å². The second-order valence-corrected chi connectivity index (χ2v) is 10.7. The first-order valence-corrected chi connectivity index (χ1v) is 13.8. The summed E-state index contributed by atoms with van der Waals surface area (Å²) >= 11 is 0. The highest BCUT2D eigenvalue weighted by atomic mass is 16.5. The Morgan fingerprint density at radius 2 is 1.69 bits per heavy atom. The van der Waals surface area contributed by atoms with Crippen LogP contribution in [0.1, 0.15) is 45.4 Å². The van der Waals surface area contributed by atoms with Gasteiger partial charge >= 0.3 is 0 Å². The highest BCUT2D eigenvalue weighted by molar-refractivity contribution is 6.05. The van der Waals surface area contributed by atoms with E-state index in [1.165, 1.54) is 0 Å². The first-order chi connectivity index (χ1) is 18.9. The molecule has 0 aliphatic carbocycles. The molecular weight excluding hydrogens is 498 g/mol. The van der Waals surface area contributed by atoms with E-state index in [9.17, 15) is 19.5 Å². The Balaban J connectivity index is 1.48. The van der Waals surface area contributed by atoms with Crippen LogP contribution < -0.4 is 15.4 Å². The number of amides is 3. The highest BCUT2D eigenvalue weighted by Crippen LogP contribution is 2.64. The first kappa shape index (κ1) is 27.1. The number of nitrogens with zero attached hydrogens (tertiary/aromatic N) is 1. The molecule has 0 saturated carbocycles. The zero-order valence-corrected chi connectivity index (χ0v) is 22.5. The highest BCUT2D eigenvalue weighted by Gasteiger charge is 2.78. The van der Waals surface area contributed by atoms with Crippen molar-refractivity contribution in [3.8, 4) is 5.75 Å². The molecule has 2 unspecified atom stereocenters. The van der Waals surface area contributed by atoms with Crippen molar-refractivity contribution in [2.24, 2.45) is 11.8 Å². The van der Waals surface area contributed by atoms with Gasteiger partial charge in [0.2, 0.25) is 17.7 Å². The van der Waals surface area contributed by atoms with Gasteiger partial charge < -0.3 is 30.1 Å². The van der Waals surface area contributed by atoms with Gasteiger partial charge in [-0.3, -0.25) is 14.4 Å². The molecule has 2 aromatic rings. The normalized spacial score (nSPS) is 28.8. The Morgan fingerprint density at radius 1 is 1.00 bits per heavy atom. The van der Waals surface area contributed by atoms with E-state index in [2.05, 4.69) is 10.6 Å². The number of hydrogen-bond acceptors (Lipinski definition) is 6. The number of aliphatic hydroxyl groups is 1. The van der Waals surface area contributed by atoms with Crippen LogP contribution in [-0.2, 0) is 19.1 Å². The fourth-order valence-electron chi connectivity index (χ4n) is 6.85. The molecule has 3 saturated heterocycles. The topological polar surface area (TPSA) is 117 Å². The van der Waals surface area contributed by atoms with E-state index < -0.39 is 29.1 Å². The van der Waals surface area contributed by atoms with E-state index >= 15 is 0 Å². The number of benzene rings is 2. The monoisotopic (exact) mass is 535 g/mol. The van der Waals surface area contributed by atoms with Crippen molar-refractivity contribution in [1.82, 2.24) is 4.90 Å². The second-order valence-electron chi connectivity index (χ2n) is 10.7. The molecule has 2 bridgehead atoms. The van der Waals surface area contributed by atoms with Crippen LogP contribution in [0.2, 0.25) is 0 Å². The maximum Gasteiger partial charge on any atom is 0.250 e. The average molecular weight is 536 g/mol. The molecule has 5 atom stereocenters. The third kappa shape index (κ3) is 4.67. The third-order valence-electron chi connectivity index (χ3n) is 8.67. The number of fused-ring (bicyclic) bond motifs is 1. The van der Waals surface area contributed by atoms with Crippen molar-refractivity contribution in [2.75, 3.05) is 30.9 Å². The molecule has 1 spiro atoms. The lowest BCUT2D eigenvalue weighted by atomic mass is 9.65. The largest absolute Gasteiger partial charge is 0.497 e. The molecule has 5 rings (SSSR count). The number of carbonyl (C=O) groups excluding carboxylic acids is 3. The Hall–Kier alpha value is -3.43. The van der Waals surface area contributed by atoms with Crippen LogP contribution in [0.5, 0.6) is 5.75 Å². The summed E-state index contributed by atoms with van der Waals surface area (Å²) in [5, 5.41) is 15.2. The molecule has 3 heterocycles. The lowest BCUT2D eigenvalue weighted by molar-refractivity contribution is -0.144. The lowest BCUT2D eigenvalue weighted by Crippen LogP contribution is -2.53. The van der Waals surface area contributed by atoms with Crippen molar-refractivity contribution in [3.05, 3.63) is 54.6 Å². The van der Waals surface area contributed by atoms with Crippen molar-refractivity contribution < 1.29 is 29.0 Å². The summed E-state index contributed by atoms with van der Waals surface area (Å²) in [4.78, 5) is 43.5. The van der Waals surface area contributed by atoms with Crippen LogP contribution in [0.4, 0.5) is 11.4 Å². The number of methoxy groups -OCH3 is 1. The number of aliphatic hydroxyl groups excluding tert-OH is 1. The van der Waals surface area contributed by atoms with Crippen LogP contribution in [0.15, 0.2) is 54.6 Å². The summed E-state index contributed by atoms with van der Waals surface area (Å²) in [7, 11) is 1.58. The maximum atomic E-state index is 14.1. The van der Waals surface area contributed by atoms with E-state index in [1.54, 1.807) is 36.3 Å². The summed E-state index contributed by atoms with van der Waals surface area (Å²) in [6.45, 7) is 2.41. The molecule has 0 radical (unpaired) electrons. The van der Waals surface area contributed by atoms with Crippen molar-refractivity contribution in [2.45, 2.75) is 62.7 Å². The van der Waals surface area contributed by atoms with Crippen LogP contribution in [0.25, 0.3) is 0 Å². The Kier molecular flexibility index (Phi) is 7.64. The molecule has 9 nitrogen and oxygen atoms in total. The van der Waals surface area contributed by atoms with Gasteiger partial charge in [0.15, 0.2) is 0 Å². The summed E-state index contributed by atoms with van der Waals surface area (Å²) < 4.78 is 12.0. The van der Waals surface area contributed by atoms with Gasteiger partial charge in [-0.25, -0.2) is 0 Å². The predicted octanol–water partition coefficient (Wildman–Crippen LogP) is 3.59. The molecule has 39 heavy (non-hydrogen) atoms. The van der Waals surface area contributed by atoms with Gasteiger partial charge in [0.25, 0.3) is 0 Å². The minimum absolute atomic E-state index is 0.0752. The molecule has 2 aromatic carbocycles. The number of anilines is 2. The van der Waals surface area contributed by atoms with Crippen LogP contribution in [-0.4, -0.2) is 65.2 Å². The van der Waals surface area contributed by atoms with Gasteiger partial charge in [-0.15, -0.1) is 0 Å². The lowest BCUT2D eigenvalue weighted by Gasteiger charge is -2.34. The molecule has 3 N–H and O–H groups in total. The number of hydrogen-bond donors (Lipinski definition) is 3. The molecule has 208 valence electrons. The fraction of sp³-hybridized carbons (Fsp3) is 0.500. The quantitative estimate of drug-likeness (QED) is 0.379. The van der Waals surface area contributed by atoms with Gasteiger partial charge in [0, 0.05) is 24.5 Å². The Morgan fingerprint density at radius 3 is 2.36 bits per heavy atom. The number of rotatable bonds is 11. The number of nitrogens with one attached hydrogen (secondary N) is 2. The van der Waals surface area contributed by atoms with Crippen molar-refractivity contribution in [1.29, 1.82) is 0 Å². The Labute approximate surface area is 228 Å². The molecule has 3 aliphatic rings. The molecular formula is C30H37N3O6. The summed E-state index contributed by atoms with van der Waals surface area (Å²) in [6, 6.07) is 15.4. The zero-order chi connectivity index (χ0) is 27.6. The molecule has 9 heteroatoms. The SMILES string of the molecule is CC[C@]12CCC3(O1)C(C(=O)Nc1ccc(OC)cc1)N(CCCCCO)C(=O)[C@@H]3[C@H]2C(=O)Nc1ccccc1. The molecule has 0 aromatic heterocycles.